The van der Waals surface area contributed by atoms with E-state index in [0.717, 1.165) is 19.3 Å². The van der Waals surface area contributed by atoms with Crippen molar-refractivity contribution in [1.29, 1.82) is 0 Å². The van der Waals surface area contributed by atoms with Gasteiger partial charge in [0.05, 0.1) is 0 Å². The summed E-state index contributed by atoms with van der Waals surface area (Å²) in [5.74, 6) is 0.0596. The third kappa shape index (κ3) is 2.84. The molecule has 1 fully saturated rings. The Bertz CT molecular complexity index is 161. The number of carbonyl (C=O) groups excluding carboxylic acids is 1. The average molecular weight is 173 g/mol. The van der Waals surface area contributed by atoms with Crippen molar-refractivity contribution in [3.8, 4) is 0 Å². The Kier molecular flexibility index (Phi) is 3.29. The zero-order valence-corrected chi connectivity index (χ0v) is 7.02. The first-order chi connectivity index (χ1) is 5.33. The molecule has 0 aliphatic carbocycles. The van der Waals surface area contributed by atoms with Crippen LogP contribution in [0.4, 0.5) is 0 Å². The molecule has 1 atom stereocenters. The molecule has 1 unspecified atom stereocenters. The molecular formula is C7H11NO2S. The molecule has 1 aliphatic rings. The molecule has 0 spiro atoms. The van der Waals surface area contributed by atoms with E-state index in [9.17, 15) is 4.79 Å². The molecule has 1 aliphatic heterocycles. The van der Waals surface area contributed by atoms with E-state index in [1.165, 1.54) is 5.55 Å². The van der Waals surface area contributed by atoms with Gasteiger partial charge in [-0.25, -0.2) is 0 Å². The van der Waals surface area contributed by atoms with Crippen LogP contribution in [0.1, 0.15) is 25.7 Å². The molecule has 1 heterocycles. The molecule has 11 heavy (non-hydrogen) atoms. The van der Waals surface area contributed by atoms with Crippen molar-refractivity contribution in [2.75, 3.05) is 0 Å². The van der Waals surface area contributed by atoms with Crippen LogP contribution in [0.15, 0.2) is 0 Å². The minimum Gasteiger partial charge on any atom is -0.467 e. The van der Waals surface area contributed by atoms with E-state index >= 15 is 0 Å². The van der Waals surface area contributed by atoms with Gasteiger partial charge in [0.15, 0.2) is 6.23 Å². The van der Waals surface area contributed by atoms with Gasteiger partial charge < -0.3 is 10.1 Å². The van der Waals surface area contributed by atoms with Crippen molar-refractivity contribution in [3.05, 3.63) is 0 Å². The number of amides is 1. The number of nitrogens with one attached hydrogen (secondary N) is 1. The molecule has 0 aromatic carbocycles. The van der Waals surface area contributed by atoms with E-state index in [2.05, 4.69) is 17.5 Å². The number of rotatable bonds is 2. The van der Waals surface area contributed by atoms with Crippen molar-refractivity contribution in [1.82, 2.24) is 5.32 Å². The predicted molar refractivity (Wildman–Crippen MR) is 45.1 cm³/mol. The number of ether oxygens (including phenoxy) is 1. The SMILES string of the molecule is O=C1CCCCC(OC=S)N1. The van der Waals surface area contributed by atoms with Crippen LogP contribution in [-0.4, -0.2) is 17.7 Å². The first kappa shape index (κ1) is 8.46. The summed E-state index contributed by atoms with van der Waals surface area (Å²) in [6.07, 6.45) is 3.24. The Hall–Kier alpha value is -0.640. The molecule has 3 nitrogen and oxygen atoms in total. The summed E-state index contributed by atoms with van der Waals surface area (Å²) in [4.78, 5) is 10.9. The van der Waals surface area contributed by atoms with Gasteiger partial charge in [0.25, 0.3) is 0 Å². The van der Waals surface area contributed by atoms with Gasteiger partial charge in [0, 0.05) is 12.8 Å². The smallest absolute Gasteiger partial charge is 0.222 e. The Morgan fingerprint density at radius 1 is 1.64 bits per heavy atom. The number of thiocarbonyl (C=S) groups is 1. The Balaban J connectivity index is 2.38. The quantitative estimate of drug-likeness (QED) is 0.632. The average Bonchev–Trinajstić information content (AvgIpc) is 2.15. The van der Waals surface area contributed by atoms with Gasteiger partial charge in [-0.3, -0.25) is 4.79 Å². The van der Waals surface area contributed by atoms with E-state index in [4.69, 9.17) is 4.74 Å². The molecule has 1 rings (SSSR count). The van der Waals surface area contributed by atoms with Crippen molar-refractivity contribution in [3.63, 3.8) is 0 Å². The molecule has 0 radical (unpaired) electrons. The van der Waals surface area contributed by atoms with Crippen LogP contribution >= 0.6 is 12.2 Å². The minimum absolute atomic E-state index is 0.0596. The highest BCUT2D eigenvalue weighted by Crippen LogP contribution is 2.09. The maximum absolute atomic E-state index is 10.9. The second kappa shape index (κ2) is 4.28. The summed E-state index contributed by atoms with van der Waals surface area (Å²) in [5.41, 5.74) is 1.20. The fraction of sp³-hybridized carbons (Fsp3) is 0.714. The van der Waals surface area contributed by atoms with Crippen molar-refractivity contribution in [2.24, 2.45) is 0 Å². The third-order valence-electron chi connectivity index (χ3n) is 1.66. The van der Waals surface area contributed by atoms with Gasteiger partial charge in [0.2, 0.25) is 5.91 Å². The lowest BCUT2D eigenvalue weighted by molar-refractivity contribution is -0.123. The Labute approximate surface area is 71.1 Å². The maximum Gasteiger partial charge on any atom is 0.222 e. The molecule has 1 N–H and O–H groups in total. The van der Waals surface area contributed by atoms with E-state index < -0.39 is 0 Å². The summed E-state index contributed by atoms with van der Waals surface area (Å²) in [5, 5.41) is 2.72. The van der Waals surface area contributed by atoms with Gasteiger partial charge in [-0.15, -0.1) is 0 Å². The van der Waals surface area contributed by atoms with E-state index in [1.54, 1.807) is 0 Å². The lowest BCUT2D eigenvalue weighted by atomic mass is 10.2. The summed E-state index contributed by atoms with van der Waals surface area (Å²) in [6.45, 7) is 0. The van der Waals surface area contributed by atoms with Crippen molar-refractivity contribution in [2.45, 2.75) is 31.9 Å². The zero-order chi connectivity index (χ0) is 8.10. The number of hydrogen-bond donors (Lipinski definition) is 1. The monoisotopic (exact) mass is 173 g/mol. The number of carbonyl (C=O) groups is 1. The van der Waals surface area contributed by atoms with Gasteiger partial charge in [-0.05, 0) is 25.1 Å². The lowest BCUT2D eigenvalue weighted by Gasteiger charge is -2.13. The largest absolute Gasteiger partial charge is 0.467 e. The van der Waals surface area contributed by atoms with Crippen LogP contribution < -0.4 is 5.32 Å². The summed E-state index contributed by atoms with van der Waals surface area (Å²) >= 11 is 4.52. The fourth-order valence-corrected chi connectivity index (χ4v) is 1.24. The molecule has 0 aromatic rings. The molecule has 1 amide bonds. The molecule has 62 valence electrons. The molecule has 0 aromatic heterocycles. The number of hydrogen-bond acceptors (Lipinski definition) is 3. The van der Waals surface area contributed by atoms with Crippen LogP contribution in [0.3, 0.4) is 0 Å². The summed E-state index contributed by atoms with van der Waals surface area (Å²) in [7, 11) is 0. The minimum atomic E-state index is -0.192. The highest BCUT2D eigenvalue weighted by Gasteiger charge is 2.15. The van der Waals surface area contributed by atoms with Gasteiger partial charge >= 0.3 is 0 Å². The van der Waals surface area contributed by atoms with Crippen LogP contribution in [0.5, 0.6) is 0 Å². The normalized spacial score (nSPS) is 25.1. The van der Waals surface area contributed by atoms with E-state index in [-0.39, 0.29) is 12.1 Å². The standard InChI is InChI=1S/C7H11NO2S/c9-6-3-1-2-4-7(8-6)10-5-11/h5,7H,1-4H2,(H,8,9). The van der Waals surface area contributed by atoms with Crippen LogP contribution in [-0.2, 0) is 9.53 Å². The van der Waals surface area contributed by atoms with Crippen LogP contribution in [0, 0.1) is 0 Å². The highest BCUT2D eigenvalue weighted by atomic mass is 32.1. The second-order valence-electron chi connectivity index (χ2n) is 2.53. The second-order valence-corrected chi connectivity index (χ2v) is 2.73. The predicted octanol–water partition coefficient (Wildman–Crippen LogP) is 0.976. The van der Waals surface area contributed by atoms with E-state index in [1.807, 2.05) is 0 Å². The van der Waals surface area contributed by atoms with Crippen molar-refractivity contribution >= 4 is 23.7 Å². The zero-order valence-electron chi connectivity index (χ0n) is 6.21. The highest BCUT2D eigenvalue weighted by molar-refractivity contribution is 7.78. The molecule has 4 heteroatoms. The molecular weight excluding hydrogens is 162 g/mol. The Morgan fingerprint density at radius 2 is 2.45 bits per heavy atom. The lowest BCUT2D eigenvalue weighted by Crippen LogP contribution is -2.34. The Morgan fingerprint density at radius 3 is 3.18 bits per heavy atom. The summed E-state index contributed by atoms with van der Waals surface area (Å²) in [6, 6.07) is 0. The third-order valence-corrected chi connectivity index (χ3v) is 1.77. The van der Waals surface area contributed by atoms with Crippen LogP contribution in [0.2, 0.25) is 0 Å². The molecule has 1 saturated heterocycles. The van der Waals surface area contributed by atoms with Crippen molar-refractivity contribution < 1.29 is 9.53 Å². The summed E-state index contributed by atoms with van der Waals surface area (Å²) < 4.78 is 4.99. The topological polar surface area (TPSA) is 38.3 Å². The van der Waals surface area contributed by atoms with Crippen LogP contribution in [0.25, 0.3) is 0 Å². The first-order valence-corrected chi connectivity index (χ1v) is 4.18. The van der Waals surface area contributed by atoms with Gasteiger partial charge in [-0.1, -0.05) is 0 Å². The van der Waals surface area contributed by atoms with Gasteiger partial charge in [0.1, 0.15) is 5.55 Å². The van der Waals surface area contributed by atoms with Gasteiger partial charge in [-0.2, -0.15) is 0 Å². The molecule has 0 bridgehead atoms. The van der Waals surface area contributed by atoms with E-state index in [0.29, 0.717) is 6.42 Å². The molecule has 0 saturated carbocycles. The fourth-order valence-electron chi connectivity index (χ4n) is 1.11. The maximum atomic E-state index is 10.9. The first-order valence-electron chi connectivity index (χ1n) is 3.71.